The minimum atomic E-state index is -0.486. The number of nitrogens with two attached hydrogens (primary N) is 2. The predicted octanol–water partition coefficient (Wildman–Crippen LogP) is 0.518. The zero-order valence-electron chi connectivity index (χ0n) is 10.8. The molecule has 0 saturated carbocycles. The summed E-state index contributed by atoms with van der Waals surface area (Å²) in [5.41, 5.74) is 11.3. The van der Waals surface area contributed by atoms with Crippen LogP contribution in [0.25, 0.3) is 0 Å². The van der Waals surface area contributed by atoms with Crippen LogP contribution in [0.5, 0.6) is 0 Å². The van der Waals surface area contributed by atoms with Crippen LogP contribution >= 0.6 is 0 Å². The zero-order chi connectivity index (χ0) is 14.3. The molecule has 0 saturated heterocycles. The lowest BCUT2D eigenvalue weighted by Crippen LogP contribution is -2.15. The van der Waals surface area contributed by atoms with E-state index in [1.54, 1.807) is 6.92 Å². The van der Waals surface area contributed by atoms with Crippen molar-refractivity contribution in [3.05, 3.63) is 17.8 Å². The minimum Gasteiger partial charge on any atom is -0.462 e. The van der Waals surface area contributed by atoms with Crippen LogP contribution in [0.15, 0.2) is 12.3 Å². The standard InChI is InChI=1S/C12H18N4O3/c1-2-19-12(18)9-6-8(13)7-16-11(9)15-5-3-4-10(14)17/h6-7H,2-5,13H2,1H3,(H2,14,17)(H,15,16). The molecule has 19 heavy (non-hydrogen) atoms. The molecule has 0 aliphatic rings. The topological polar surface area (TPSA) is 120 Å². The zero-order valence-corrected chi connectivity index (χ0v) is 10.8. The van der Waals surface area contributed by atoms with E-state index in [0.29, 0.717) is 24.5 Å². The van der Waals surface area contributed by atoms with Gasteiger partial charge in [-0.3, -0.25) is 4.79 Å². The van der Waals surface area contributed by atoms with E-state index in [-0.39, 0.29) is 24.5 Å². The molecular formula is C12H18N4O3. The van der Waals surface area contributed by atoms with E-state index >= 15 is 0 Å². The summed E-state index contributed by atoms with van der Waals surface area (Å²) in [6.45, 7) is 2.47. The molecular weight excluding hydrogens is 248 g/mol. The Labute approximate surface area is 111 Å². The van der Waals surface area contributed by atoms with Gasteiger partial charge in [0.25, 0.3) is 0 Å². The van der Waals surface area contributed by atoms with E-state index in [9.17, 15) is 9.59 Å². The van der Waals surface area contributed by atoms with E-state index < -0.39 is 5.97 Å². The third kappa shape index (κ3) is 4.82. The van der Waals surface area contributed by atoms with E-state index in [1.807, 2.05) is 0 Å². The first-order valence-corrected chi connectivity index (χ1v) is 5.99. The van der Waals surface area contributed by atoms with E-state index in [2.05, 4.69) is 10.3 Å². The number of esters is 1. The Morgan fingerprint density at radius 2 is 2.21 bits per heavy atom. The highest BCUT2D eigenvalue weighted by Gasteiger charge is 2.14. The van der Waals surface area contributed by atoms with Crippen LogP contribution in [0.1, 0.15) is 30.1 Å². The molecule has 0 aliphatic carbocycles. The molecule has 0 atom stereocenters. The van der Waals surface area contributed by atoms with Crippen molar-refractivity contribution in [1.82, 2.24) is 4.98 Å². The number of carbonyl (C=O) groups is 2. The predicted molar refractivity (Wildman–Crippen MR) is 71.5 cm³/mol. The van der Waals surface area contributed by atoms with Gasteiger partial charge in [0.1, 0.15) is 11.4 Å². The van der Waals surface area contributed by atoms with Gasteiger partial charge in [-0.05, 0) is 19.4 Å². The smallest absolute Gasteiger partial charge is 0.341 e. The Morgan fingerprint density at radius 3 is 2.84 bits per heavy atom. The summed E-state index contributed by atoms with van der Waals surface area (Å²) in [4.78, 5) is 26.4. The van der Waals surface area contributed by atoms with Gasteiger partial charge < -0.3 is 21.5 Å². The monoisotopic (exact) mass is 266 g/mol. The Bertz CT molecular complexity index is 462. The second-order valence-electron chi connectivity index (χ2n) is 3.88. The molecule has 0 aromatic carbocycles. The molecule has 0 radical (unpaired) electrons. The Morgan fingerprint density at radius 1 is 1.47 bits per heavy atom. The highest BCUT2D eigenvalue weighted by atomic mass is 16.5. The molecule has 7 heteroatoms. The number of amides is 1. The highest BCUT2D eigenvalue weighted by Crippen LogP contribution is 2.16. The third-order valence-electron chi connectivity index (χ3n) is 2.30. The van der Waals surface area contributed by atoms with E-state index in [4.69, 9.17) is 16.2 Å². The summed E-state index contributed by atoms with van der Waals surface area (Å²) < 4.78 is 4.92. The molecule has 0 spiro atoms. The Hall–Kier alpha value is -2.31. The van der Waals surface area contributed by atoms with Crippen molar-refractivity contribution < 1.29 is 14.3 Å². The number of hydrogen-bond donors (Lipinski definition) is 3. The van der Waals surface area contributed by atoms with Gasteiger partial charge >= 0.3 is 5.97 Å². The van der Waals surface area contributed by atoms with Crippen molar-refractivity contribution in [1.29, 1.82) is 0 Å². The van der Waals surface area contributed by atoms with Crippen molar-refractivity contribution in [2.24, 2.45) is 5.73 Å². The Kier molecular flexibility index (Phi) is 5.59. The lowest BCUT2D eigenvalue weighted by atomic mass is 10.2. The first kappa shape index (κ1) is 14.7. The second-order valence-corrected chi connectivity index (χ2v) is 3.88. The molecule has 1 aromatic rings. The first-order valence-electron chi connectivity index (χ1n) is 5.99. The van der Waals surface area contributed by atoms with Gasteiger partial charge in [0, 0.05) is 13.0 Å². The molecule has 0 aliphatic heterocycles. The number of ether oxygens (including phenoxy) is 1. The van der Waals surface area contributed by atoms with Gasteiger partial charge in [-0.2, -0.15) is 0 Å². The number of carbonyl (C=O) groups excluding carboxylic acids is 2. The molecule has 1 aromatic heterocycles. The number of pyridine rings is 1. The SMILES string of the molecule is CCOC(=O)c1cc(N)cnc1NCCCC(N)=O. The molecule has 5 N–H and O–H groups in total. The van der Waals surface area contributed by atoms with Crippen molar-refractivity contribution in [3.8, 4) is 0 Å². The molecule has 1 amide bonds. The number of primary amides is 1. The molecule has 7 nitrogen and oxygen atoms in total. The Balaban J connectivity index is 2.70. The number of nitrogens with one attached hydrogen (secondary N) is 1. The van der Waals surface area contributed by atoms with E-state index in [1.165, 1.54) is 12.3 Å². The summed E-state index contributed by atoms with van der Waals surface area (Å²) >= 11 is 0. The van der Waals surface area contributed by atoms with Crippen LogP contribution < -0.4 is 16.8 Å². The maximum Gasteiger partial charge on any atom is 0.341 e. The van der Waals surface area contributed by atoms with Crippen molar-refractivity contribution in [2.45, 2.75) is 19.8 Å². The fourth-order valence-electron chi connectivity index (χ4n) is 1.46. The largest absolute Gasteiger partial charge is 0.462 e. The number of aromatic nitrogens is 1. The van der Waals surface area contributed by atoms with Crippen LogP contribution in [-0.4, -0.2) is 30.0 Å². The van der Waals surface area contributed by atoms with Gasteiger partial charge in [-0.15, -0.1) is 0 Å². The molecule has 0 unspecified atom stereocenters. The van der Waals surface area contributed by atoms with Gasteiger partial charge in [-0.1, -0.05) is 0 Å². The second kappa shape index (κ2) is 7.20. The van der Waals surface area contributed by atoms with Gasteiger partial charge in [0.05, 0.1) is 18.5 Å². The third-order valence-corrected chi connectivity index (χ3v) is 2.30. The minimum absolute atomic E-state index is 0.273. The normalized spacial score (nSPS) is 9.95. The van der Waals surface area contributed by atoms with Crippen LogP contribution in [0, 0.1) is 0 Å². The fraction of sp³-hybridized carbons (Fsp3) is 0.417. The van der Waals surface area contributed by atoms with Crippen LogP contribution in [0.4, 0.5) is 11.5 Å². The van der Waals surface area contributed by atoms with Gasteiger partial charge in [-0.25, -0.2) is 9.78 Å². The lowest BCUT2D eigenvalue weighted by Gasteiger charge is -2.10. The molecule has 104 valence electrons. The van der Waals surface area contributed by atoms with Crippen LogP contribution in [-0.2, 0) is 9.53 Å². The number of nitrogen functional groups attached to an aromatic ring is 1. The average Bonchev–Trinajstić information content (AvgIpc) is 2.36. The molecule has 1 heterocycles. The van der Waals surface area contributed by atoms with Gasteiger partial charge in [0.15, 0.2) is 0 Å². The van der Waals surface area contributed by atoms with Crippen molar-refractivity contribution in [2.75, 3.05) is 24.2 Å². The molecule has 0 fully saturated rings. The number of rotatable bonds is 7. The van der Waals surface area contributed by atoms with Crippen LogP contribution in [0.3, 0.4) is 0 Å². The molecule has 1 rings (SSSR count). The summed E-state index contributed by atoms with van der Waals surface area (Å²) in [6.07, 6.45) is 2.28. The maximum atomic E-state index is 11.7. The highest BCUT2D eigenvalue weighted by molar-refractivity contribution is 5.95. The summed E-state index contributed by atoms with van der Waals surface area (Å²) in [5, 5.41) is 2.96. The lowest BCUT2D eigenvalue weighted by molar-refractivity contribution is -0.118. The number of nitrogens with zero attached hydrogens (tertiary/aromatic N) is 1. The van der Waals surface area contributed by atoms with E-state index in [0.717, 1.165) is 0 Å². The maximum absolute atomic E-state index is 11.7. The average molecular weight is 266 g/mol. The number of hydrogen-bond acceptors (Lipinski definition) is 6. The first-order chi connectivity index (χ1) is 9.04. The van der Waals surface area contributed by atoms with Crippen molar-refractivity contribution in [3.63, 3.8) is 0 Å². The summed E-state index contributed by atoms with van der Waals surface area (Å²) in [5.74, 6) is -0.463. The summed E-state index contributed by atoms with van der Waals surface area (Å²) in [7, 11) is 0. The fourth-order valence-corrected chi connectivity index (χ4v) is 1.46. The molecule has 0 bridgehead atoms. The quantitative estimate of drug-likeness (QED) is 0.488. The van der Waals surface area contributed by atoms with Gasteiger partial charge in [0.2, 0.25) is 5.91 Å². The van der Waals surface area contributed by atoms with Crippen molar-refractivity contribution >= 4 is 23.4 Å². The summed E-state index contributed by atoms with van der Waals surface area (Å²) in [6, 6.07) is 1.50. The van der Waals surface area contributed by atoms with Crippen LogP contribution in [0.2, 0.25) is 0 Å². The number of anilines is 2.